The van der Waals surface area contributed by atoms with Gasteiger partial charge in [0.2, 0.25) is 0 Å². The van der Waals surface area contributed by atoms with E-state index in [4.69, 9.17) is 0 Å². The molecule has 0 bridgehead atoms. The average Bonchev–Trinajstić information content (AvgIpc) is 2.39. The second-order valence-corrected chi connectivity index (χ2v) is 5.29. The Morgan fingerprint density at radius 3 is 2.85 bits per heavy atom. The maximum Gasteiger partial charge on any atom is -0.0136 e. The average molecular weight is 174 g/mol. The lowest BCUT2D eigenvalue weighted by Gasteiger charge is -2.40. The van der Waals surface area contributed by atoms with Crippen LogP contribution in [0.2, 0.25) is 0 Å². The number of rotatable bonds is 0. The van der Waals surface area contributed by atoms with Crippen LogP contribution in [0, 0.1) is 29.6 Å². The molecule has 2 fully saturated rings. The van der Waals surface area contributed by atoms with E-state index in [9.17, 15) is 0 Å². The molecule has 0 aromatic rings. The van der Waals surface area contributed by atoms with E-state index in [1.54, 1.807) is 0 Å². The zero-order valence-electron chi connectivity index (χ0n) is 8.53. The lowest BCUT2D eigenvalue weighted by molar-refractivity contribution is 0.101. The number of allylic oxidation sites excluding steroid dienone is 4. The first-order chi connectivity index (χ1) is 6.25. The normalized spacial score (nSPS) is 52.2. The van der Waals surface area contributed by atoms with Gasteiger partial charge in [0.25, 0.3) is 0 Å². The molecule has 0 aromatic carbocycles. The monoisotopic (exact) mass is 174 g/mol. The molecule has 2 saturated carbocycles. The third kappa shape index (κ3) is 0.978. The summed E-state index contributed by atoms with van der Waals surface area (Å²) < 4.78 is 0. The van der Waals surface area contributed by atoms with Crippen LogP contribution in [0.4, 0.5) is 0 Å². The quantitative estimate of drug-likeness (QED) is 0.528. The Morgan fingerprint density at radius 2 is 2.08 bits per heavy atom. The maximum atomic E-state index is 2.51. The van der Waals surface area contributed by atoms with Crippen molar-refractivity contribution >= 4 is 0 Å². The van der Waals surface area contributed by atoms with Crippen LogP contribution in [0.1, 0.15) is 26.7 Å². The molecule has 0 heteroatoms. The zero-order chi connectivity index (χ0) is 9.00. The van der Waals surface area contributed by atoms with Gasteiger partial charge < -0.3 is 0 Å². The van der Waals surface area contributed by atoms with Crippen LogP contribution in [0.15, 0.2) is 23.8 Å². The molecule has 0 amide bonds. The van der Waals surface area contributed by atoms with E-state index in [0.29, 0.717) is 0 Å². The second-order valence-electron chi connectivity index (χ2n) is 5.29. The lowest BCUT2D eigenvalue weighted by atomic mass is 9.65. The molecule has 0 saturated heterocycles. The molecule has 0 heterocycles. The van der Waals surface area contributed by atoms with Crippen LogP contribution in [-0.4, -0.2) is 0 Å². The molecule has 0 aliphatic heterocycles. The number of hydrogen-bond acceptors (Lipinski definition) is 0. The molecular formula is C13H18. The molecular weight excluding hydrogens is 156 g/mol. The molecule has 3 rings (SSSR count). The lowest BCUT2D eigenvalue weighted by Crippen LogP contribution is -2.33. The summed E-state index contributed by atoms with van der Waals surface area (Å²) in [6, 6.07) is 0. The fraction of sp³-hybridized carbons (Fsp3) is 0.692. The van der Waals surface area contributed by atoms with Crippen LogP contribution < -0.4 is 0 Å². The van der Waals surface area contributed by atoms with Gasteiger partial charge in [0.1, 0.15) is 0 Å². The van der Waals surface area contributed by atoms with E-state index in [1.807, 2.05) is 0 Å². The van der Waals surface area contributed by atoms with E-state index in [2.05, 4.69) is 32.1 Å². The Labute approximate surface area is 80.7 Å². The van der Waals surface area contributed by atoms with E-state index in [-0.39, 0.29) is 0 Å². The molecule has 0 aromatic heterocycles. The maximum absolute atomic E-state index is 2.51. The molecule has 13 heavy (non-hydrogen) atoms. The van der Waals surface area contributed by atoms with Gasteiger partial charge in [-0.2, -0.15) is 0 Å². The van der Waals surface area contributed by atoms with Crippen molar-refractivity contribution in [2.75, 3.05) is 0 Å². The third-order valence-electron chi connectivity index (χ3n) is 4.52. The fourth-order valence-electron chi connectivity index (χ4n) is 3.76. The molecule has 0 spiro atoms. The minimum absolute atomic E-state index is 0.893. The minimum atomic E-state index is 0.893. The number of fused-ring (bicyclic) bond motifs is 3. The van der Waals surface area contributed by atoms with E-state index < -0.39 is 0 Å². The molecule has 0 radical (unpaired) electrons. The first-order valence-electron chi connectivity index (χ1n) is 5.62. The van der Waals surface area contributed by atoms with Gasteiger partial charge in [-0.05, 0) is 49.4 Å². The van der Waals surface area contributed by atoms with Crippen molar-refractivity contribution in [2.24, 2.45) is 29.6 Å². The second kappa shape index (κ2) is 2.50. The summed E-state index contributed by atoms with van der Waals surface area (Å²) in [7, 11) is 0. The van der Waals surface area contributed by atoms with Gasteiger partial charge in [-0.15, -0.1) is 0 Å². The van der Waals surface area contributed by atoms with Crippen LogP contribution in [0.5, 0.6) is 0 Å². The summed E-state index contributed by atoms with van der Waals surface area (Å²) in [6.07, 6.45) is 10.3. The standard InChI is InChI=1S/C13H18/c1-8-3-4-11-10(5-8)7-12-9(2)6-13(11)12/h3-5,9-13H,6-7H2,1-2H3. The predicted octanol–water partition coefficient (Wildman–Crippen LogP) is 3.41. The highest BCUT2D eigenvalue weighted by atomic mass is 14.5. The van der Waals surface area contributed by atoms with Gasteiger partial charge in [-0.1, -0.05) is 30.7 Å². The fourth-order valence-corrected chi connectivity index (χ4v) is 3.76. The summed E-state index contributed by atoms with van der Waals surface area (Å²) in [5, 5.41) is 0. The predicted molar refractivity (Wildman–Crippen MR) is 55.3 cm³/mol. The van der Waals surface area contributed by atoms with Crippen LogP contribution in [0.3, 0.4) is 0 Å². The first-order valence-corrected chi connectivity index (χ1v) is 5.62. The van der Waals surface area contributed by atoms with E-state index in [1.165, 1.54) is 18.4 Å². The van der Waals surface area contributed by atoms with Crippen molar-refractivity contribution in [3.63, 3.8) is 0 Å². The van der Waals surface area contributed by atoms with Crippen molar-refractivity contribution < 1.29 is 0 Å². The van der Waals surface area contributed by atoms with Gasteiger partial charge in [-0.3, -0.25) is 0 Å². The Kier molecular flexibility index (Phi) is 1.51. The van der Waals surface area contributed by atoms with Crippen LogP contribution >= 0.6 is 0 Å². The van der Waals surface area contributed by atoms with Crippen molar-refractivity contribution in [2.45, 2.75) is 26.7 Å². The van der Waals surface area contributed by atoms with Gasteiger partial charge in [0, 0.05) is 0 Å². The molecule has 0 N–H and O–H groups in total. The molecule has 3 aliphatic carbocycles. The van der Waals surface area contributed by atoms with E-state index in [0.717, 1.165) is 29.6 Å². The molecule has 3 aliphatic rings. The Morgan fingerprint density at radius 1 is 1.23 bits per heavy atom. The Hall–Kier alpha value is -0.520. The highest BCUT2D eigenvalue weighted by molar-refractivity contribution is 5.27. The third-order valence-corrected chi connectivity index (χ3v) is 4.52. The van der Waals surface area contributed by atoms with Gasteiger partial charge >= 0.3 is 0 Å². The molecule has 70 valence electrons. The SMILES string of the molecule is CC1=CC2CC3C(C)CC3C2C=C1. The Bertz CT molecular complexity index is 284. The topological polar surface area (TPSA) is 0 Å². The Balaban J connectivity index is 1.87. The summed E-state index contributed by atoms with van der Waals surface area (Å²) in [4.78, 5) is 0. The van der Waals surface area contributed by atoms with Crippen LogP contribution in [0.25, 0.3) is 0 Å². The highest BCUT2D eigenvalue weighted by Gasteiger charge is 2.50. The molecule has 5 atom stereocenters. The minimum Gasteiger partial charge on any atom is -0.0803 e. The van der Waals surface area contributed by atoms with Crippen molar-refractivity contribution in [3.8, 4) is 0 Å². The van der Waals surface area contributed by atoms with Gasteiger partial charge in [-0.25, -0.2) is 0 Å². The largest absolute Gasteiger partial charge is 0.0803 e. The molecule has 5 unspecified atom stereocenters. The number of hydrogen-bond donors (Lipinski definition) is 0. The zero-order valence-corrected chi connectivity index (χ0v) is 8.53. The van der Waals surface area contributed by atoms with E-state index >= 15 is 0 Å². The summed E-state index contributed by atoms with van der Waals surface area (Å²) >= 11 is 0. The van der Waals surface area contributed by atoms with Crippen molar-refractivity contribution in [1.29, 1.82) is 0 Å². The van der Waals surface area contributed by atoms with Crippen molar-refractivity contribution in [1.82, 2.24) is 0 Å². The summed E-state index contributed by atoms with van der Waals surface area (Å²) in [5.74, 6) is 4.91. The highest BCUT2D eigenvalue weighted by Crippen LogP contribution is 2.58. The van der Waals surface area contributed by atoms with Gasteiger partial charge in [0.05, 0.1) is 0 Å². The molecule has 0 nitrogen and oxygen atoms in total. The summed E-state index contributed by atoms with van der Waals surface area (Å²) in [6.45, 7) is 4.66. The summed E-state index contributed by atoms with van der Waals surface area (Å²) in [5.41, 5.74) is 1.48. The first kappa shape index (κ1) is 7.84. The smallest absolute Gasteiger partial charge is 0.0136 e. The van der Waals surface area contributed by atoms with Crippen LogP contribution in [-0.2, 0) is 0 Å². The van der Waals surface area contributed by atoms with Crippen molar-refractivity contribution in [3.05, 3.63) is 23.8 Å². The van der Waals surface area contributed by atoms with Gasteiger partial charge in [0.15, 0.2) is 0 Å².